The lowest BCUT2D eigenvalue weighted by Crippen LogP contribution is -2.39. The molecule has 0 unspecified atom stereocenters. The van der Waals surface area contributed by atoms with E-state index in [1.54, 1.807) is 0 Å². The van der Waals surface area contributed by atoms with Gasteiger partial charge in [0.25, 0.3) is 0 Å². The summed E-state index contributed by atoms with van der Waals surface area (Å²) in [4.78, 5) is 22.9. The largest absolute Gasteiger partial charge is 0.377 e. The molecule has 10 nitrogen and oxygen atoms in total. The van der Waals surface area contributed by atoms with Gasteiger partial charge in [-0.15, -0.1) is 0 Å². The van der Waals surface area contributed by atoms with E-state index in [9.17, 15) is 9.59 Å². The number of rotatable bonds is 0. The topological polar surface area (TPSA) is 119 Å². The quantitative estimate of drug-likeness (QED) is 0.430. The van der Waals surface area contributed by atoms with Crippen LogP contribution in [0.15, 0.2) is 0 Å². The Morgan fingerprint density at radius 3 is 0.958 bits per heavy atom. The Bertz CT molecular complexity index is 285. The fourth-order valence-corrected chi connectivity index (χ4v) is 1.72. The van der Waals surface area contributed by atoms with Crippen molar-refractivity contribution in [3.8, 4) is 0 Å². The van der Waals surface area contributed by atoms with Crippen molar-refractivity contribution in [3.05, 3.63) is 0 Å². The molecule has 140 valence electrons. The summed E-state index contributed by atoms with van der Waals surface area (Å²) < 4.78 is 21.2. The molecule has 0 aromatic heterocycles. The van der Waals surface area contributed by atoms with Gasteiger partial charge in [-0.2, -0.15) is 0 Å². The Hall–Kier alpha value is -1.62. The summed E-state index contributed by atoms with van der Waals surface area (Å²) in [6, 6.07) is -0.502. The van der Waals surface area contributed by atoms with Crippen molar-refractivity contribution in [2.75, 3.05) is 79.0 Å². The molecule has 1 aliphatic rings. The van der Waals surface area contributed by atoms with Crippen LogP contribution in [0.5, 0.6) is 0 Å². The van der Waals surface area contributed by atoms with Gasteiger partial charge in [0.2, 0.25) is 0 Å². The van der Waals surface area contributed by atoms with Gasteiger partial charge >= 0.3 is 12.1 Å². The van der Waals surface area contributed by atoms with Crippen molar-refractivity contribution in [2.45, 2.75) is 0 Å². The normalized spacial score (nSPS) is 21.8. The lowest BCUT2D eigenvalue weighted by molar-refractivity contribution is 0.0487. The molecule has 4 amide bonds. The van der Waals surface area contributed by atoms with E-state index in [1.807, 2.05) is 0 Å². The van der Waals surface area contributed by atoms with E-state index < -0.39 is 0 Å². The van der Waals surface area contributed by atoms with Gasteiger partial charge in [-0.25, -0.2) is 9.59 Å². The molecule has 0 aliphatic carbocycles. The molecule has 1 rings (SSSR count). The smallest absolute Gasteiger partial charge is 0.314 e. The highest BCUT2D eigenvalue weighted by atomic mass is 16.5. The molecule has 4 N–H and O–H groups in total. The van der Waals surface area contributed by atoms with Gasteiger partial charge < -0.3 is 40.2 Å². The Morgan fingerprint density at radius 2 is 0.708 bits per heavy atom. The lowest BCUT2D eigenvalue weighted by Gasteiger charge is -2.11. The summed E-state index contributed by atoms with van der Waals surface area (Å²) in [5, 5.41) is 10.7. The molecule has 0 saturated carbocycles. The second kappa shape index (κ2) is 14.9. The third kappa shape index (κ3) is 12.9. The second-order valence-electron chi connectivity index (χ2n) is 4.81. The highest BCUT2D eigenvalue weighted by Gasteiger charge is 2.01. The molecule has 1 heterocycles. The predicted octanol–water partition coefficient (Wildman–Crippen LogP) is -1.34. The highest BCUT2D eigenvalue weighted by molar-refractivity contribution is 5.74. The standard InChI is InChI=1S/C14H28N4O6/c19-13-15-1-5-21-9-10-22-7-3-17-14(20)18-4-8-24-12-11-23-6-2-16-13/h1-12H2,(H2,15,16,19)(H2,17,18,20). The number of urea groups is 2. The van der Waals surface area contributed by atoms with E-state index in [0.717, 1.165) is 0 Å². The average molecular weight is 348 g/mol. The van der Waals surface area contributed by atoms with Crippen molar-refractivity contribution >= 4 is 12.1 Å². The summed E-state index contributed by atoms with van der Waals surface area (Å²) in [6.07, 6.45) is 0. The van der Waals surface area contributed by atoms with Crippen LogP contribution in [0, 0.1) is 0 Å². The van der Waals surface area contributed by atoms with Crippen LogP contribution in [0.4, 0.5) is 9.59 Å². The van der Waals surface area contributed by atoms with Crippen LogP contribution in [-0.4, -0.2) is 91.1 Å². The number of hydrogen-bond acceptors (Lipinski definition) is 6. The molecule has 0 spiro atoms. The van der Waals surface area contributed by atoms with E-state index >= 15 is 0 Å². The van der Waals surface area contributed by atoms with Crippen molar-refractivity contribution in [1.29, 1.82) is 0 Å². The van der Waals surface area contributed by atoms with E-state index in [1.165, 1.54) is 0 Å². The Morgan fingerprint density at radius 1 is 0.458 bits per heavy atom. The molecule has 10 heteroatoms. The summed E-state index contributed by atoms with van der Waals surface area (Å²) in [7, 11) is 0. The molecule has 1 saturated heterocycles. The number of amides is 4. The first-order valence-corrected chi connectivity index (χ1v) is 8.13. The zero-order valence-electron chi connectivity index (χ0n) is 13.9. The third-order valence-electron chi connectivity index (χ3n) is 2.87. The molecule has 24 heavy (non-hydrogen) atoms. The number of ether oxygens (including phenoxy) is 4. The maximum Gasteiger partial charge on any atom is 0.314 e. The van der Waals surface area contributed by atoms with Crippen LogP contribution in [0.25, 0.3) is 0 Å². The second-order valence-corrected chi connectivity index (χ2v) is 4.81. The zero-order valence-corrected chi connectivity index (χ0v) is 13.9. The van der Waals surface area contributed by atoms with Gasteiger partial charge in [-0.1, -0.05) is 0 Å². The summed E-state index contributed by atoms with van der Waals surface area (Å²) in [6.45, 7) is 5.03. The van der Waals surface area contributed by atoms with E-state index in [0.29, 0.717) is 79.0 Å². The molecule has 0 radical (unpaired) electrons. The van der Waals surface area contributed by atoms with E-state index in [2.05, 4.69) is 21.3 Å². The Kier molecular flexibility index (Phi) is 12.7. The molecule has 0 aromatic carbocycles. The van der Waals surface area contributed by atoms with Crippen molar-refractivity contribution < 1.29 is 28.5 Å². The summed E-state index contributed by atoms with van der Waals surface area (Å²) in [5.74, 6) is 0. The minimum absolute atomic E-state index is 0.251. The monoisotopic (exact) mass is 348 g/mol. The molecule has 0 bridgehead atoms. The first-order valence-electron chi connectivity index (χ1n) is 8.13. The number of carbonyl (C=O) groups excluding carboxylic acids is 2. The van der Waals surface area contributed by atoms with Crippen molar-refractivity contribution in [1.82, 2.24) is 21.3 Å². The molecular weight excluding hydrogens is 320 g/mol. The fourth-order valence-electron chi connectivity index (χ4n) is 1.72. The zero-order chi connectivity index (χ0) is 17.3. The van der Waals surface area contributed by atoms with Crippen LogP contribution >= 0.6 is 0 Å². The Labute approximate surface area is 141 Å². The van der Waals surface area contributed by atoms with Gasteiger partial charge in [-0.05, 0) is 0 Å². The number of carbonyl (C=O) groups is 2. The first-order chi connectivity index (χ1) is 11.8. The van der Waals surface area contributed by atoms with Gasteiger partial charge in [-0.3, -0.25) is 0 Å². The molecule has 0 atom stereocenters. The Balaban J connectivity index is 2.16. The fraction of sp³-hybridized carbons (Fsp3) is 0.857. The summed E-state index contributed by atoms with van der Waals surface area (Å²) in [5.41, 5.74) is 0. The minimum atomic E-state index is -0.251. The highest BCUT2D eigenvalue weighted by Crippen LogP contribution is 1.81. The molecule has 0 aromatic rings. The van der Waals surface area contributed by atoms with E-state index in [4.69, 9.17) is 18.9 Å². The molecule has 1 fully saturated rings. The maximum absolute atomic E-state index is 11.4. The third-order valence-corrected chi connectivity index (χ3v) is 2.87. The number of hydrogen-bond donors (Lipinski definition) is 4. The number of nitrogens with one attached hydrogen (secondary N) is 4. The molecule has 1 aliphatic heterocycles. The van der Waals surface area contributed by atoms with Crippen LogP contribution in [-0.2, 0) is 18.9 Å². The van der Waals surface area contributed by atoms with Gasteiger partial charge in [0.15, 0.2) is 0 Å². The van der Waals surface area contributed by atoms with Crippen LogP contribution in [0.2, 0.25) is 0 Å². The van der Waals surface area contributed by atoms with E-state index in [-0.39, 0.29) is 12.1 Å². The minimum Gasteiger partial charge on any atom is -0.377 e. The summed E-state index contributed by atoms with van der Waals surface area (Å²) >= 11 is 0. The lowest BCUT2D eigenvalue weighted by atomic mass is 10.6. The van der Waals surface area contributed by atoms with Crippen molar-refractivity contribution in [2.24, 2.45) is 0 Å². The molecular formula is C14H28N4O6. The van der Waals surface area contributed by atoms with Crippen molar-refractivity contribution in [3.63, 3.8) is 0 Å². The van der Waals surface area contributed by atoms with Gasteiger partial charge in [0.1, 0.15) is 0 Å². The maximum atomic E-state index is 11.4. The first kappa shape index (κ1) is 20.4. The van der Waals surface area contributed by atoms with Crippen LogP contribution in [0.3, 0.4) is 0 Å². The average Bonchev–Trinajstić information content (AvgIpc) is 2.57. The SMILES string of the molecule is O=C1NCCOCCOCCNC(=O)NCCOCCOCCN1. The van der Waals surface area contributed by atoms with Crippen LogP contribution in [0.1, 0.15) is 0 Å². The van der Waals surface area contributed by atoms with Crippen LogP contribution < -0.4 is 21.3 Å². The van der Waals surface area contributed by atoms with Gasteiger partial charge in [0, 0.05) is 26.2 Å². The van der Waals surface area contributed by atoms with Gasteiger partial charge in [0.05, 0.1) is 52.9 Å². The predicted molar refractivity (Wildman–Crippen MR) is 86.1 cm³/mol.